The molecule has 0 radical (unpaired) electrons. The van der Waals surface area contributed by atoms with Crippen LogP contribution in [0.4, 0.5) is 0 Å². The predicted molar refractivity (Wildman–Crippen MR) is 72.4 cm³/mol. The van der Waals surface area contributed by atoms with Crippen molar-refractivity contribution in [2.45, 2.75) is 19.8 Å². The van der Waals surface area contributed by atoms with Gasteiger partial charge in [0.15, 0.2) is 0 Å². The van der Waals surface area contributed by atoms with Crippen molar-refractivity contribution in [3.63, 3.8) is 0 Å². The summed E-state index contributed by atoms with van der Waals surface area (Å²) >= 11 is 3.49. The number of quaternary nitrogens is 1. The summed E-state index contributed by atoms with van der Waals surface area (Å²) in [7, 11) is 0. The standard InChI is InChI=1S/C13H20BrNO2/c1-11-4-5-13(12(14)10-11)17-9-3-2-6-15-7-8-16/h4-5,10,15-16H,2-3,6-9H2,1H3/p+1. The maximum absolute atomic E-state index is 8.61. The van der Waals surface area contributed by atoms with E-state index in [1.165, 1.54) is 5.56 Å². The van der Waals surface area contributed by atoms with Gasteiger partial charge in [-0.25, -0.2) is 0 Å². The minimum Gasteiger partial charge on any atom is -0.492 e. The first-order valence-electron chi connectivity index (χ1n) is 6.05. The molecule has 3 nitrogen and oxygen atoms in total. The Bertz CT molecular complexity index is 331. The van der Waals surface area contributed by atoms with Gasteiger partial charge in [-0.3, -0.25) is 0 Å². The largest absolute Gasteiger partial charge is 0.492 e. The second kappa shape index (κ2) is 8.50. The molecule has 1 aromatic carbocycles. The molecule has 96 valence electrons. The van der Waals surface area contributed by atoms with Crippen molar-refractivity contribution in [1.82, 2.24) is 0 Å². The summed E-state index contributed by atoms with van der Waals surface area (Å²) in [6.07, 6.45) is 2.16. The Hall–Kier alpha value is -0.580. The Morgan fingerprint density at radius 1 is 1.29 bits per heavy atom. The molecule has 0 saturated heterocycles. The van der Waals surface area contributed by atoms with Crippen molar-refractivity contribution in [2.75, 3.05) is 26.3 Å². The van der Waals surface area contributed by atoms with Gasteiger partial charge >= 0.3 is 0 Å². The number of hydrogen-bond donors (Lipinski definition) is 2. The molecule has 1 rings (SSSR count). The van der Waals surface area contributed by atoms with Crippen LogP contribution in [-0.4, -0.2) is 31.4 Å². The second-order valence-electron chi connectivity index (χ2n) is 4.08. The van der Waals surface area contributed by atoms with E-state index in [9.17, 15) is 0 Å². The highest BCUT2D eigenvalue weighted by Crippen LogP contribution is 2.25. The highest BCUT2D eigenvalue weighted by atomic mass is 79.9. The van der Waals surface area contributed by atoms with E-state index in [-0.39, 0.29) is 6.61 Å². The molecule has 0 saturated carbocycles. The number of ether oxygens (including phenoxy) is 1. The molecule has 0 aliphatic heterocycles. The number of aryl methyl sites for hydroxylation is 1. The van der Waals surface area contributed by atoms with Crippen molar-refractivity contribution < 1.29 is 15.2 Å². The van der Waals surface area contributed by atoms with Gasteiger partial charge in [-0.15, -0.1) is 0 Å². The zero-order chi connectivity index (χ0) is 12.5. The van der Waals surface area contributed by atoms with Crippen LogP contribution in [0.3, 0.4) is 0 Å². The number of unbranched alkanes of at least 4 members (excludes halogenated alkanes) is 1. The second-order valence-corrected chi connectivity index (χ2v) is 4.93. The minimum absolute atomic E-state index is 0.257. The molecule has 1 aromatic rings. The molecule has 0 aliphatic rings. The van der Waals surface area contributed by atoms with Crippen LogP contribution >= 0.6 is 15.9 Å². The average molecular weight is 303 g/mol. The summed E-state index contributed by atoms with van der Waals surface area (Å²) in [5.74, 6) is 0.912. The first kappa shape index (κ1) is 14.5. The predicted octanol–water partition coefficient (Wildman–Crippen LogP) is 1.47. The lowest BCUT2D eigenvalue weighted by molar-refractivity contribution is -0.656. The lowest BCUT2D eigenvalue weighted by Crippen LogP contribution is -2.85. The first-order chi connectivity index (χ1) is 8.24. The Kier molecular flexibility index (Phi) is 7.24. The van der Waals surface area contributed by atoms with E-state index in [2.05, 4.69) is 40.3 Å². The minimum atomic E-state index is 0.257. The summed E-state index contributed by atoms with van der Waals surface area (Å²) < 4.78 is 6.71. The lowest BCUT2D eigenvalue weighted by atomic mass is 10.2. The molecule has 0 aliphatic carbocycles. The van der Waals surface area contributed by atoms with Gasteiger partial charge in [-0.2, -0.15) is 0 Å². The van der Waals surface area contributed by atoms with E-state index in [0.717, 1.165) is 42.8 Å². The van der Waals surface area contributed by atoms with E-state index < -0.39 is 0 Å². The van der Waals surface area contributed by atoms with Crippen molar-refractivity contribution in [2.24, 2.45) is 0 Å². The summed E-state index contributed by atoms with van der Waals surface area (Å²) in [5, 5.41) is 10.7. The third kappa shape index (κ3) is 6.05. The highest BCUT2D eigenvalue weighted by molar-refractivity contribution is 9.10. The van der Waals surface area contributed by atoms with Crippen molar-refractivity contribution in [1.29, 1.82) is 0 Å². The van der Waals surface area contributed by atoms with Crippen LogP contribution in [0.2, 0.25) is 0 Å². The summed E-state index contributed by atoms with van der Waals surface area (Å²) in [6.45, 7) is 4.91. The molecular formula is C13H21BrNO2+. The zero-order valence-electron chi connectivity index (χ0n) is 10.3. The molecule has 0 aromatic heterocycles. The Morgan fingerprint density at radius 3 is 2.82 bits per heavy atom. The SMILES string of the molecule is Cc1ccc(OCCCC[NH2+]CCO)c(Br)c1. The lowest BCUT2D eigenvalue weighted by Gasteiger charge is -2.08. The summed E-state index contributed by atoms with van der Waals surface area (Å²) in [4.78, 5) is 0. The molecule has 0 atom stereocenters. The number of nitrogens with two attached hydrogens (primary N) is 1. The van der Waals surface area contributed by atoms with Crippen LogP contribution in [0.15, 0.2) is 22.7 Å². The van der Waals surface area contributed by atoms with Gasteiger partial charge in [0.2, 0.25) is 0 Å². The molecular weight excluding hydrogens is 282 g/mol. The quantitative estimate of drug-likeness (QED) is 0.715. The van der Waals surface area contributed by atoms with Gasteiger partial charge in [-0.05, 0) is 53.4 Å². The van der Waals surface area contributed by atoms with Crippen LogP contribution < -0.4 is 10.1 Å². The molecule has 0 fully saturated rings. The maximum Gasteiger partial charge on any atom is 0.133 e. The van der Waals surface area contributed by atoms with Gasteiger partial charge in [-0.1, -0.05) is 6.07 Å². The van der Waals surface area contributed by atoms with Crippen LogP contribution in [-0.2, 0) is 0 Å². The van der Waals surface area contributed by atoms with Gasteiger partial charge in [0.1, 0.15) is 5.75 Å². The van der Waals surface area contributed by atoms with E-state index in [1.54, 1.807) is 0 Å². The van der Waals surface area contributed by atoms with E-state index in [1.807, 2.05) is 6.07 Å². The van der Waals surface area contributed by atoms with E-state index >= 15 is 0 Å². The van der Waals surface area contributed by atoms with Gasteiger partial charge in [0.25, 0.3) is 0 Å². The fourth-order valence-corrected chi connectivity index (χ4v) is 2.14. The molecule has 4 heteroatoms. The molecule has 0 amide bonds. The van der Waals surface area contributed by atoms with Gasteiger partial charge < -0.3 is 15.2 Å². The van der Waals surface area contributed by atoms with Crippen LogP contribution in [0.1, 0.15) is 18.4 Å². The molecule has 17 heavy (non-hydrogen) atoms. The van der Waals surface area contributed by atoms with Crippen LogP contribution in [0, 0.1) is 6.92 Å². The number of halogens is 1. The Labute approximate surface area is 111 Å². The third-order valence-corrected chi connectivity index (χ3v) is 3.10. The van der Waals surface area contributed by atoms with E-state index in [0.29, 0.717) is 0 Å². The Balaban J connectivity index is 2.14. The molecule has 0 unspecified atom stereocenters. The van der Waals surface area contributed by atoms with Crippen molar-refractivity contribution in [3.05, 3.63) is 28.2 Å². The fraction of sp³-hybridized carbons (Fsp3) is 0.538. The Morgan fingerprint density at radius 2 is 2.12 bits per heavy atom. The topological polar surface area (TPSA) is 46.1 Å². The summed E-state index contributed by atoms with van der Waals surface area (Å²) in [6, 6.07) is 6.11. The highest BCUT2D eigenvalue weighted by Gasteiger charge is 2.00. The smallest absolute Gasteiger partial charge is 0.133 e. The summed E-state index contributed by atoms with van der Waals surface area (Å²) in [5.41, 5.74) is 1.22. The monoisotopic (exact) mass is 302 g/mol. The van der Waals surface area contributed by atoms with Crippen LogP contribution in [0.25, 0.3) is 0 Å². The fourth-order valence-electron chi connectivity index (χ4n) is 1.53. The number of aliphatic hydroxyl groups excluding tert-OH is 1. The molecule has 0 bridgehead atoms. The number of hydrogen-bond acceptors (Lipinski definition) is 2. The van der Waals surface area contributed by atoms with E-state index in [4.69, 9.17) is 9.84 Å². The third-order valence-electron chi connectivity index (χ3n) is 2.48. The molecule has 0 spiro atoms. The van der Waals surface area contributed by atoms with Gasteiger partial charge in [0, 0.05) is 0 Å². The number of rotatable bonds is 8. The average Bonchev–Trinajstić information content (AvgIpc) is 2.30. The first-order valence-corrected chi connectivity index (χ1v) is 6.85. The van der Waals surface area contributed by atoms with Crippen molar-refractivity contribution >= 4 is 15.9 Å². The molecule has 0 heterocycles. The molecule has 3 N–H and O–H groups in total. The van der Waals surface area contributed by atoms with Crippen molar-refractivity contribution in [3.8, 4) is 5.75 Å². The number of aliphatic hydroxyl groups is 1. The maximum atomic E-state index is 8.61. The normalized spacial score (nSPS) is 10.5. The van der Waals surface area contributed by atoms with Crippen LogP contribution in [0.5, 0.6) is 5.75 Å². The van der Waals surface area contributed by atoms with Gasteiger partial charge in [0.05, 0.1) is 30.8 Å². The zero-order valence-corrected chi connectivity index (χ0v) is 11.9. The number of benzene rings is 1.